The van der Waals surface area contributed by atoms with Crippen LogP contribution < -0.4 is 4.74 Å². The minimum absolute atomic E-state index is 0.0768. The lowest BCUT2D eigenvalue weighted by Gasteiger charge is -2.21. The van der Waals surface area contributed by atoms with E-state index in [-0.39, 0.29) is 5.41 Å². The normalized spacial score (nSPS) is 17.2. The maximum atomic E-state index is 13.0. The molecule has 3 rings (SSSR count). The van der Waals surface area contributed by atoms with Gasteiger partial charge >= 0.3 is 0 Å². The molecule has 1 aromatic heterocycles. The van der Waals surface area contributed by atoms with Crippen LogP contribution in [0.15, 0.2) is 39.8 Å². The lowest BCUT2D eigenvalue weighted by atomic mass is 9.94. The molecule has 0 aliphatic carbocycles. The number of hydrogen-bond donors (Lipinski definition) is 0. The van der Waals surface area contributed by atoms with Crippen LogP contribution in [0.2, 0.25) is 0 Å². The van der Waals surface area contributed by atoms with Crippen molar-refractivity contribution >= 4 is 10.0 Å². The molecular formula is C21H31N3O4S. The van der Waals surface area contributed by atoms with Crippen LogP contribution in [0.1, 0.15) is 45.8 Å². The number of benzene rings is 1. The first-order valence-electron chi connectivity index (χ1n) is 10.1. The summed E-state index contributed by atoms with van der Waals surface area (Å²) in [6.07, 6.45) is 2.55. The Hall–Kier alpha value is -1.90. The Labute approximate surface area is 173 Å². The summed E-state index contributed by atoms with van der Waals surface area (Å²) in [7, 11) is -3.52. The highest BCUT2D eigenvalue weighted by molar-refractivity contribution is 7.89. The smallest absolute Gasteiger partial charge is 0.243 e. The Balaban J connectivity index is 1.63. The van der Waals surface area contributed by atoms with E-state index in [0.29, 0.717) is 49.3 Å². The van der Waals surface area contributed by atoms with Gasteiger partial charge in [-0.05, 0) is 44.2 Å². The van der Waals surface area contributed by atoms with E-state index in [1.54, 1.807) is 34.8 Å². The fraction of sp³-hybridized carbons (Fsp3) is 0.571. The molecule has 1 saturated heterocycles. The molecule has 7 nitrogen and oxygen atoms in total. The molecule has 2 aromatic rings. The fourth-order valence-corrected chi connectivity index (χ4v) is 4.76. The lowest BCUT2D eigenvalue weighted by molar-refractivity contribution is 0.242. The fourth-order valence-electron chi connectivity index (χ4n) is 3.29. The molecule has 0 unspecified atom stereocenters. The highest BCUT2D eigenvalue weighted by Gasteiger charge is 2.27. The molecule has 29 heavy (non-hydrogen) atoms. The molecule has 0 bridgehead atoms. The minimum atomic E-state index is -3.52. The van der Waals surface area contributed by atoms with Gasteiger partial charge in [0.1, 0.15) is 11.5 Å². The first kappa shape index (κ1) is 21.8. The molecule has 1 aromatic carbocycles. The van der Waals surface area contributed by atoms with E-state index in [1.165, 1.54) is 0 Å². The second-order valence-corrected chi connectivity index (χ2v) is 10.2. The van der Waals surface area contributed by atoms with Crippen LogP contribution in [0.25, 0.3) is 0 Å². The highest BCUT2D eigenvalue weighted by Crippen LogP contribution is 2.24. The summed E-state index contributed by atoms with van der Waals surface area (Å²) in [5.41, 5.74) is -0.0768. The van der Waals surface area contributed by atoms with Gasteiger partial charge in [-0.3, -0.25) is 4.90 Å². The third-order valence-corrected chi connectivity index (χ3v) is 6.88. The van der Waals surface area contributed by atoms with Crippen LogP contribution in [-0.2, 0) is 22.0 Å². The maximum Gasteiger partial charge on any atom is 0.243 e. The molecule has 160 valence electrons. The van der Waals surface area contributed by atoms with E-state index in [4.69, 9.17) is 9.15 Å². The van der Waals surface area contributed by atoms with Crippen molar-refractivity contribution < 1.29 is 17.6 Å². The molecule has 1 aliphatic rings. The number of oxazole rings is 1. The maximum absolute atomic E-state index is 13.0. The summed E-state index contributed by atoms with van der Waals surface area (Å²) < 4.78 is 38.9. The molecule has 0 saturated carbocycles. The van der Waals surface area contributed by atoms with Crippen molar-refractivity contribution in [3.8, 4) is 5.75 Å². The van der Waals surface area contributed by atoms with E-state index in [0.717, 1.165) is 18.7 Å². The molecule has 0 N–H and O–H groups in total. The van der Waals surface area contributed by atoms with Gasteiger partial charge < -0.3 is 9.15 Å². The van der Waals surface area contributed by atoms with Crippen LogP contribution in [0, 0.1) is 0 Å². The Morgan fingerprint density at radius 2 is 1.83 bits per heavy atom. The molecule has 2 heterocycles. The SMILES string of the molecule is CCOc1ccc(S(=O)(=O)N2CCCN(Cc3ncc(C(C)(C)C)o3)CC2)cc1. The third kappa shape index (κ3) is 5.38. The van der Waals surface area contributed by atoms with Crippen molar-refractivity contribution in [3.63, 3.8) is 0 Å². The van der Waals surface area contributed by atoms with Crippen molar-refractivity contribution in [2.45, 2.75) is 51.0 Å². The number of nitrogens with zero attached hydrogens (tertiary/aromatic N) is 3. The second-order valence-electron chi connectivity index (χ2n) is 8.31. The quantitative estimate of drug-likeness (QED) is 0.713. The number of rotatable bonds is 6. The van der Waals surface area contributed by atoms with E-state index in [1.807, 2.05) is 6.92 Å². The van der Waals surface area contributed by atoms with Crippen molar-refractivity contribution in [2.75, 3.05) is 32.8 Å². The van der Waals surface area contributed by atoms with Crippen LogP contribution in [-0.4, -0.2) is 55.4 Å². The first-order valence-corrected chi connectivity index (χ1v) is 11.5. The summed E-state index contributed by atoms with van der Waals surface area (Å²) in [6, 6.07) is 6.64. The Kier molecular flexibility index (Phi) is 6.65. The van der Waals surface area contributed by atoms with Crippen LogP contribution in [0.3, 0.4) is 0 Å². The van der Waals surface area contributed by atoms with Gasteiger partial charge in [-0.15, -0.1) is 0 Å². The van der Waals surface area contributed by atoms with E-state index < -0.39 is 10.0 Å². The summed E-state index contributed by atoms with van der Waals surface area (Å²) in [5.74, 6) is 2.22. The summed E-state index contributed by atoms with van der Waals surface area (Å²) in [6.45, 7) is 11.7. The number of ether oxygens (including phenoxy) is 1. The molecular weight excluding hydrogens is 390 g/mol. The zero-order valence-electron chi connectivity index (χ0n) is 17.7. The molecule has 0 amide bonds. The third-order valence-electron chi connectivity index (χ3n) is 4.97. The Morgan fingerprint density at radius 1 is 1.10 bits per heavy atom. The van der Waals surface area contributed by atoms with Crippen LogP contribution >= 0.6 is 0 Å². The van der Waals surface area contributed by atoms with E-state index >= 15 is 0 Å². The minimum Gasteiger partial charge on any atom is -0.494 e. The van der Waals surface area contributed by atoms with Crippen molar-refractivity contribution in [2.24, 2.45) is 0 Å². The van der Waals surface area contributed by atoms with Crippen molar-refractivity contribution in [1.82, 2.24) is 14.2 Å². The van der Waals surface area contributed by atoms with Crippen molar-refractivity contribution in [1.29, 1.82) is 0 Å². The molecule has 0 spiro atoms. The average Bonchev–Trinajstić information content (AvgIpc) is 3.01. The van der Waals surface area contributed by atoms with Gasteiger partial charge in [-0.1, -0.05) is 20.8 Å². The van der Waals surface area contributed by atoms with E-state index in [9.17, 15) is 8.42 Å². The van der Waals surface area contributed by atoms with Gasteiger partial charge in [-0.25, -0.2) is 13.4 Å². The molecule has 1 fully saturated rings. The zero-order valence-corrected chi connectivity index (χ0v) is 18.5. The predicted molar refractivity (Wildman–Crippen MR) is 111 cm³/mol. The monoisotopic (exact) mass is 421 g/mol. The summed E-state index contributed by atoms with van der Waals surface area (Å²) in [5, 5.41) is 0. The van der Waals surface area contributed by atoms with Gasteiger partial charge in [0.25, 0.3) is 0 Å². The number of sulfonamides is 1. The van der Waals surface area contributed by atoms with Gasteiger partial charge in [0.15, 0.2) is 0 Å². The standard InChI is InChI=1S/C21H31N3O4S/c1-5-27-17-7-9-18(10-8-17)29(25,26)24-12-6-11-23(13-14-24)16-20-22-15-19(28-20)21(2,3)4/h7-10,15H,5-6,11-14,16H2,1-4H3. The van der Waals surface area contributed by atoms with Crippen LogP contribution in [0.5, 0.6) is 5.75 Å². The van der Waals surface area contributed by atoms with Gasteiger partial charge in [0, 0.05) is 25.0 Å². The van der Waals surface area contributed by atoms with Crippen LogP contribution in [0.4, 0.5) is 0 Å². The topological polar surface area (TPSA) is 75.9 Å². The summed E-state index contributed by atoms with van der Waals surface area (Å²) in [4.78, 5) is 6.90. The van der Waals surface area contributed by atoms with Crippen molar-refractivity contribution in [3.05, 3.63) is 42.1 Å². The second kappa shape index (κ2) is 8.85. The molecule has 8 heteroatoms. The largest absolute Gasteiger partial charge is 0.494 e. The Bertz CT molecular complexity index is 901. The molecule has 1 aliphatic heterocycles. The number of aromatic nitrogens is 1. The van der Waals surface area contributed by atoms with Gasteiger partial charge in [0.05, 0.1) is 24.2 Å². The predicted octanol–water partition coefficient (Wildman–Crippen LogP) is 3.27. The average molecular weight is 422 g/mol. The van der Waals surface area contributed by atoms with Gasteiger partial charge in [0.2, 0.25) is 15.9 Å². The number of hydrogen-bond acceptors (Lipinski definition) is 6. The van der Waals surface area contributed by atoms with E-state index in [2.05, 4.69) is 30.7 Å². The first-order chi connectivity index (χ1) is 13.7. The highest BCUT2D eigenvalue weighted by atomic mass is 32.2. The molecule has 0 atom stereocenters. The summed E-state index contributed by atoms with van der Waals surface area (Å²) >= 11 is 0. The Morgan fingerprint density at radius 3 is 2.45 bits per heavy atom. The molecule has 0 radical (unpaired) electrons. The lowest BCUT2D eigenvalue weighted by Crippen LogP contribution is -2.35. The van der Waals surface area contributed by atoms with Gasteiger partial charge in [-0.2, -0.15) is 4.31 Å². The zero-order chi connectivity index (χ0) is 21.1.